The van der Waals surface area contributed by atoms with E-state index < -0.39 is 24.3 Å². The van der Waals surface area contributed by atoms with Crippen molar-refractivity contribution in [1.82, 2.24) is 0 Å². The molecule has 1 N–H and O–H groups in total. The summed E-state index contributed by atoms with van der Waals surface area (Å²) in [6.07, 6.45) is 110. The highest BCUT2D eigenvalue weighted by Gasteiger charge is 2.25. The van der Waals surface area contributed by atoms with Crippen LogP contribution in [0.4, 0.5) is 0 Å². The molecule has 0 fully saturated rings. The van der Waals surface area contributed by atoms with Crippen molar-refractivity contribution < 1.29 is 42.9 Å². The standard InChI is InChI=1S/C90H159NO8/c1-6-8-10-12-14-16-18-20-22-24-26-28-30-32-34-36-38-40-42-44-46-48-50-52-54-56-58-60-62-64-66-68-70-72-74-76-78-80-87(92)97-84-86(85-98-90(89(94)95)96-83-82-91(3,4)5)99-88(93)81-79-77-75-73-71-69-67-65-63-61-59-57-55-53-51-49-47-45-43-41-39-37-35-33-31-29-27-25-23-21-19-17-15-13-11-9-7-2/h9,11,15,17,21,23-24,26-27,29,33,35,39,41,45,47,51,53,86,90H,6-8,10,12-14,16,18-20,22,25,28,30-32,34,36-38,40,42-44,46,48-50,52,54-85H2,1-5H3/p+1/b11-9-,17-15-,23-21-,26-24-,29-27-,35-33-,41-39-,47-45-,53-51-. The van der Waals surface area contributed by atoms with Crippen LogP contribution in [-0.2, 0) is 33.3 Å². The van der Waals surface area contributed by atoms with E-state index in [0.717, 1.165) is 89.9 Å². The first-order valence-electron chi connectivity index (χ1n) is 42.1. The highest BCUT2D eigenvalue weighted by atomic mass is 16.7. The zero-order valence-corrected chi connectivity index (χ0v) is 65.6. The van der Waals surface area contributed by atoms with Crippen LogP contribution >= 0.6 is 0 Å². The van der Waals surface area contributed by atoms with E-state index in [1.165, 1.54) is 263 Å². The molecule has 99 heavy (non-hydrogen) atoms. The van der Waals surface area contributed by atoms with Gasteiger partial charge in [0.1, 0.15) is 13.2 Å². The average Bonchev–Trinajstić information content (AvgIpc) is 2.19. The van der Waals surface area contributed by atoms with E-state index in [4.69, 9.17) is 18.9 Å². The SMILES string of the molecule is CC/C=C\C/C=C\C/C=C\C/C=C\C/C=C\C/C=C\C/C=C\C/C=C\CCCCCCCCCCCCCCC(=O)OC(COC(=O)CCCCCCCCCCCCCCCCCCCCCCCCCCC/C=C\CCCCCCCCCC)COC(OCC[N+](C)(C)C)C(=O)O. The van der Waals surface area contributed by atoms with Crippen LogP contribution in [0, 0.1) is 0 Å². The summed E-state index contributed by atoms with van der Waals surface area (Å²) in [5.41, 5.74) is 0. The third-order valence-corrected chi connectivity index (χ3v) is 18.5. The summed E-state index contributed by atoms with van der Waals surface area (Å²) in [6.45, 7) is 4.81. The Balaban J connectivity index is 4.01. The molecule has 0 aliphatic heterocycles. The minimum Gasteiger partial charge on any atom is -0.477 e. The molecule has 0 aliphatic carbocycles. The van der Waals surface area contributed by atoms with Crippen LogP contribution in [0.15, 0.2) is 109 Å². The van der Waals surface area contributed by atoms with Gasteiger partial charge in [0.2, 0.25) is 0 Å². The molecule has 0 saturated carbocycles. The number of carboxylic acids is 1. The third-order valence-electron chi connectivity index (χ3n) is 18.5. The molecule has 0 amide bonds. The molecule has 0 aromatic carbocycles. The molecule has 0 aromatic heterocycles. The molecular formula is C90H160NO8+. The van der Waals surface area contributed by atoms with Crippen molar-refractivity contribution in [2.75, 3.05) is 47.5 Å². The average molecular weight is 1380 g/mol. The number of aliphatic carboxylic acids is 1. The summed E-state index contributed by atoms with van der Waals surface area (Å²) in [7, 11) is 5.99. The maximum absolute atomic E-state index is 13.0. The second-order valence-corrected chi connectivity index (χ2v) is 29.4. The van der Waals surface area contributed by atoms with E-state index >= 15 is 0 Å². The molecule has 0 spiro atoms. The van der Waals surface area contributed by atoms with Gasteiger partial charge in [-0.2, -0.15) is 0 Å². The number of likely N-dealkylation sites (N-methyl/N-ethyl adjacent to an activating group) is 1. The van der Waals surface area contributed by atoms with E-state index in [0.29, 0.717) is 23.9 Å². The first kappa shape index (κ1) is 94.9. The number of carbonyl (C=O) groups is 3. The highest BCUT2D eigenvalue weighted by Crippen LogP contribution is 2.19. The Morgan fingerprint density at radius 2 is 0.576 bits per heavy atom. The number of unbranched alkanes of at least 4 members (excludes halogenated alkanes) is 45. The van der Waals surface area contributed by atoms with Gasteiger partial charge in [-0.05, 0) is 103 Å². The Morgan fingerprint density at radius 3 is 0.869 bits per heavy atom. The molecule has 9 heteroatoms. The van der Waals surface area contributed by atoms with Gasteiger partial charge in [-0.1, -0.05) is 380 Å². The van der Waals surface area contributed by atoms with E-state index in [2.05, 4.69) is 123 Å². The molecule has 572 valence electrons. The quantitative estimate of drug-likeness (QED) is 0.0211. The second-order valence-electron chi connectivity index (χ2n) is 29.4. The summed E-state index contributed by atoms with van der Waals surface area (Å²) in [5.74, 6) is -1.99. The number of esters is 2. The molecule has 2 unspecified atom stereocenters. The molecule has 0 heterocycles. The molecule has 9 nitrogen and oxygen atoms in total. The van der Waals surface area contributed by atoms with Gasteiger partial charge in [-0.3, -0.25) is 9.59 Å². The number of hydrogen-bond donors (Lipinski definition) is 1. The van der Waals surface area contributed by atoms with E-state index in [1.54, 1.807) is 0 Å². The Labute approximate surface area is 613 Å². The molecule has 0 aliphatic rings. The lowest BCUT2D eigenvalue weighted by molar-refractivity contribution is -0.870. The molecule has 0 saturated heterocycles. The topological polar surface area (TPSA) is 108 Å². The van der Waals surface area contributed by atoms with Gasteiger partial charge >= 0.3 is 17.9 Å². The summed E-state index contributed by atoms with van der Waals surface area (Å²) in [6, 6.07) is 0. The van der Waals surface area contributed by atoms with Gasteiger partial charge in [-0.15, -0.1) is 0 Å². The number of allylic oxidation sites excluding steroid dienone is 18. The van der Waals surface area contributed by atoms with Gasteiger partial charge in [0.05, 0.1) is 34.4 Å². The monoisotopic (exact) mass is 1380 g/mol. The Bertz CT molecular complexity index is 2000. The molecule has 0 radical (unpaired) electrons. The normalized spacial score (nSPS) is 13.2. The summed E-state index contributed by atoms with van der Waals surface area (Å²) >= 11 is 0. The van der Waals surface area contributed by atoms with Crippen LogP contribution in [0.2, 0.25) is 0 Å². The number of rotatable bonds is 78. The fraction of sp³-hybridized carbons (Fsp3) is 0.767. The van der Waals surface area contributed by atoms with E-state index in [-0.39, 0.29) is 32.2 Å². The molecule has 0 bridgehead atoms. The van der Waals surface area contributed by atoms with Crippen LogP contribution in [0.5, 0.6) is 0 Å². The number of nitrogens with zero attached hydrogens (tertiary/aromatic N) is 1. The van der Waals surface area contributed by atoms with Crippen molar-refractivity contribution in [3.8, 4) is 0 Å². The summed E-state index contributed by atoms with van der Waals surface area (Å²) in [4.78, 5) is 37.8. The van der Waals surface area contributed by atoms with Crippen LogP contribution in [0.25, 0.3) is 0 Å². The van der Waals surface area contributed by atoms with Gasteiger partial charge in [0.25, 0.3) is 6.29 Å². The van der Waals surface area contributed by atoms with Crippen molar-refractivity contribution in [2.24, 2.45) is 0 Å². The summed E-state index contributed by atoms with van der Waals surface area (Å²) in [5, 5.41) is 9.78. The zero-order chi connectivity index (χ0) is 71.8. The van der Waals surface area contributed by atoms with Gasteiger partial charge < -0.3 is 28.5 Å². The van der Waals surface area contributed by atoms with Gasteiger partial charge in [-0.25, -0.2) is 4.79 Å². The number of hydrogen-bond acceptors (Lipinski definition) is 7. The van der Waals surface area contributed by atoms with Crippen molar-refractivity contribution in [3.05, 3.63) is 109 Å². The van der Waals surface area contributed by atoms with Gasteiger partial charge in [0.15, 0.2) is 6.10 Å². The van der Waals surface area contributed by atoms with Crippen LogP contribution in [0.1, 0.15) is 386 Å². The minimum atomic E-state index is -1.52. The maximum Gasteiger partial charge on any atom is 0.361 e. The molecule has 0 aromatic rings. The molecular weight excluding hydrogens is 1220 g/mol. The zero-order valence-electron chi connectivity index (χ0n) is 65.6. The second kappa shape index (κ2) is 79.6. The van der Waals surface area contributed by atoms with Gasteiger partial charge in [0, 0.05) is 12.8 Å². The lowest BCUT2D eigenvalue weighted by Crippen LogP contribution is -2.40. The Kier molecular flexibility index (Phi) is 76.4. The molecule has 2 atom stereocenters. The predicted molar refractivity (Wildman–Crippen MR) is 428 cm³/mol. The highest BCUT2D eigenvalue weighted by molar-refractivity contribution is 5.71. The van der Waals surface area contributed by atoms with Crippen molar-refractivity contribution in [1.29, 1.82) is 0 Å². The number of carbonyl (C=O) groups excluding carboxylic acids is 2. The van der Waals surface area contributed by atoms with Crippen LogP contribution < -0.4 is 0 Å². The number of ether oxygens (including phenoxy) is 4. The lowest BCUT2D eigenvalue weighted by Gasteiger charge is -2.25. The fourth-order valence-electron chi connectivity index (χ4n) is 12.1. The first-order chi connectivity index (χ1) is 48.6. The number of quaternary nitrogens is 1. The third kappa shape index (κ3) is 81.1. The largest absolute Gasteiger partial charge is 0.477 e. The predicted octanol–water partition coefficient (Wildman–Crippen LogP) is 27.3. The smallest absolute Gasteiger partial charge is 0.361 e. The van der Waals surface area contributed by atoms with Crippen molar-refractivity contribution >= 4 is 17.9 Å². The van der Waals surface area contributed by atoms with E-state index in [9.17, 15) is 19.5 Å². The summed E-state index contributed by atoms with van der Waals surface area (Å²) < 4.78 is 23.1. The fourth-order valence-corrected chi connectivity index (χ4v) is 12.1. The maximum atomic E-state index is 13.0. The number of carboxylic acid groups (broad SMARTS) is 1. The Hall–Kier alpha value is -4.05. The molecule has 0 rings (SSSR count). The van der Waals surface area contributed by atoms with Crippen LogP contribution in [0.3, 0.4) is 0 Å². The Morgan fingerprint density at radius 1 is 0.313 bits per heavy atom. The van der Waals surface area contributed by atoms with Crippen molar-refractivity contribution in [3.63, 3.8) is 0 Å². The first-order valence-corrected chi connectivity index (χ1v) is 42.1. The van der Waals surface area contributed by atoms with Crippen LogP contribution in [-0.4, -0.2) is 87.4 Å². The minimum absolute atomic E-state index is 0.183. The lowest BCUT2D eigenvalue weighted by atomic mass is 10.0. The van der Waals surface area contributed by atoms with Crippen molar-refractivity contribution in [2.45, 2.75) is 399 Å². The van der Waals surface area contributed by atoms with E-state index in [1.807, 2.05) is 21.1 Å².